The van der Waals surface area contributed by atoms with Gasteiger partial charge in [-0.05, 0) is 25.3 Å². The molecule has 0 radical (unpaired) electrons. The molecular weight excluding hydrogens is 268 g/mol. The van der Waals surface area contributed by atoms with E-state index >= 15 is 0 Å². The van der Waals surface area contributed by atoms with Crippen molar-refractivity contribution in [3.8, 4) is 0 Å². The molecule has 0 spiro atoms. The van der Waals surface area contributed by atoms with Gasteiger partial charge in [-0.15, -0.1) is 0 Å². The fraction of sp³-hybridized carbons (Fsp3) is 0.500. The molecule has 1 fully saturated rings. The van der Waals surface area contributed by atoms with Gasteiger partial charge in [0.15, 0.2) is 0 Å². The zero-order chi connectivity index (χ0) is 14.5. The minimum absolute atomic E-state index is 0.135. The second-order valence-corrected chi connectivity index (χ2v) is 6.03. The van der Waals surface area contributed by atoms with E-state index in [1.165, 1.54) is 12.8 Å². The molecule has 1 atom stereocenters. The number of carbonyl (C=O) groups is 1. The summed E-state index contributed by atoms with van der Waals surface area (Å²) in [4.78, 5) is 15.1. The Kier molecular flexibility index (Phi) is 5.12. The Balaban J connectivity index is 2.15. The third-order valence-electron chi connectivity index (χ3n) is 4.04. The van der Waals surface area contributed by atoms with E-state index in [9.17, 15) is 4.79 Å². The lowest BCUT2D eigenvalue weighted by atomic mass is 9.98. The summed E-state index contributed by atoms with van der Waals surface area (Å²) in [5.41, 5.74) is 6.72. The van der Waals surface area contributed by atoms with Crippen LogP contribution in [0.3, 0.4) is 0 Å². The fourth-order valence-corrected chi connectivity index (χ4v) is 3.04. The van der Waals surface area contributed by atoms with E-state index in [4.69, 9.17) is 18.0 Å². The van der Waals surface area contributed by atoms with Crippen molar-refractivity contribution in [1.82, 2.24) is 4.90 Å². The van der Waals surface area contributed by atoms with Crippen molar-refractivity contribution in [2.24, 2.45) is 5.73 Å². The van der Waals surface area contributed by atoms with E-state index in [-0.39, 0.29) is 11.8 Å². The Morgan fingerprint density at radius 2 is 1.95 bits per heavy atom. The van der Waals surface area contributed by atoms with E-state index < -0.39 is 0 Å². The molecule has 2 N–H and O–H groups in total. The Labute approximate surface area is 126 Å². The molecule has 0 aromatic heterocycles. The highest BCUT2D eigenvalue weighted by atomic mass is 32.1. The summed E-state index contributed by atoms with van der Waals surface area (Å²) in [5.74, 6) is -0.0120. The second kappa shape index (κ2) is 6.84. The normalized spacial score (nSPS) is 16.9. The highest BCUT2D eigenvalue weighted by Crippen LogP contribution is 2.27. The van der Waals surface area contributed by atoms with Crippen LogP contribution in [0.2, 0.25) is 0 Å². The first-order chi connectivity index (χ1) is 9.59. The predicted molar refractivity (Wildman–Crippen MR) is 85.6 cm³/mol. The first kappa shape index (κ1) is 15.0. The molecule has 3 nitrogen and oxygen atoms in total. The molecule has 1 aromatic rings. The molecule has 1 unspecified atom stereocenters. The van der Waals surface area contributed by atoms with Crippen molar-refractivity contribution in [3.05, 3.63) is 35.9 Å². The molecular formula is C16H22N2OS. The van der Waals surface area contributed by atoms with Gasteiger partial charge in [-0.2, -0.15) is 0 Å². The number of rotatable bonds is 5. The number of hydrogen-bond acceptors (Lipinski definition) is 2. The number of benzene rings is 1. The van der Waals surface area contributed by atoms with Gasteiger partial charge < -0.3 is 10.6 Å². The third-order valence-corrected chi connectivity index (χ3v) is 4.17. The average molecular weight is 290 g/mol. The maximum Gasteiger partial charge on any atom is 0.230 e. The van der Waals surface area contributed by atoms with Gasteiger partial charge in [-0.3, -0.25) is 4.79 Å². The van der Waals surface area contributed by atoms with E-state index in [1.807, 2.05) is 42.2 Å². The van der Waals surface area contributed by atoms with Crippen LogP contribution in [-0.4, -0.2) is 28.4 Å². The minimum Gasteiger partial charge on any atom is -0.392 e. The van der Waals surface area contributed by atoms with Crippen molar-refractivity contribution in [1.29, 1.82) is 0 Å². The van der Waals surface area contributed by atoms with Crippen molar-refractivity contribution in [3.63, 3.8) is 0 Å². The Hall–Kier alpha value is -1.42. The highest BCUT2D eigenvalue weighted by molar-refractivity contribution is 7.80. The van der Waals surface area contributed by atoms with Gasteiger partial charge in [0.2, 0.25) is 5.91 Å². The molecule has 0 aliphatic heterocycles. The van der Waals surface area contributed by atoms with Crippen LogP contribution in [0.4, 0.5) is 0 Å². The van der Waals surface area contributed by atoms with Crippen LogP contribution in [0.5, 0.6) is 0 Å². The molecule has 20 heavy (non-hydrogen) atoms. The van der Waals surface area contributed by atoms with Gasteiger partial charge in [0.1, 0.15) is 0 Å². The zero-order valence-electron chi connectivity index (χ0n) is 11.9. The SMILES string of the molecule is CC(C(=O)N(CC(N)=S)C1CCCC1)c1ccccc1. The molecule has 1 aliphatic rings. The fourth-order valence-electron chi connectivity index (χ4n) is 2.90. The van der Waals surface area contributed by atoms with E-state index in [1.54, 1.807) is 0 Å². The van der Waals surface area contributed by atoms with Gasteiger partial charge in [0, 0.05) is 6.04 Å². The Morgan fingerprint density at radius 3 is 2.50 bits per heavy atom. The number of hydrogen-bond donors (Lipinski definition) is 1. The van der Waals surface area contributed by atoms with E-state index in [0.29, 0.717) is 17.6 Å². The lowest BCUT2D eigenvalue weighted by Crippen LogP contribution is -2.45. The molecule has 0 saturated heterocycles. The summed E-state index contributed by atoms with van der Waals surface area (Å²) in [6.45, 7) is 2.36. The first-order valence-electron chi connectivity index (χ1n) is 7.23. The largest absolute Gasteiger partial charge is 0.392 e. The molecule has 1 aromatic carbocycles. The summed E-state index contributed by atoms with van der Waals surface area (Å²) >= 11 is 5.01. The quantitative estimate of drug-likeness (QED) is 0.848. The molecule has 2 rings (SSSR count). The Morgan fingerprint density at radius 1 is 1.35 bits per heavy atom. The maximum atomic E-state index is 12.8. The van der Waals surface area contributed by atoms with Gasteiger partial charge in [0.25, 0.3) is 0 Å². The molecule has 1 amide bonds. The summed E-state index contributed by atoms with van der Waals surface area (Å²) in [7, 11) is 0. The molecule has 4 heteroatoms. The molecule has 1 saturated carbocycles. The minimum atomic E-state index is -0.147. The summed E-state index contributed by atoms with van der Waals surface area (Å²) in [6, 6.07) is 10.2. The van der Waals surface area contributed by atoms with Gasteiger partial charge in [-0.25, -0.2) is 0 Å². The van der Waals surface area contributed by atoms with Crippen LogP contribution in [0.25, 0.3) is 0 Å². The highest BCUT2D eigenvalue weighted by Gasteiger charge is 2.30. The lowest BCUT2D eigenvalue weighted by Gasteiger charge is -2.31. The second-order valence-electron chi connectivity index (χ2n) is 5.50. The zero-order valence-corrected chi connectivity index (χ0v) is 12.7. The van der Waals surface area contributed by atoms with Crippen molar-refractivity contribution < 1.29 is 4.79 Å². The van der Waals surface area contributed by atoms with E-state index in [2.05, 4.69) is 0 Å². The van der Waals surface area contributed by atoms with Crippen molar-refractivity contribution in [2.75, 3.05) is 6.54 Å². The van der Waals surface area contributed by atoms with Crippen molar-refractivity contribution >= 4 is 23.1 Å². The number of nitrogens with zero attached hydrogens (tertiary/aromatic N) is 1. The number of nitrogens with two attached hydrogens (primary N) is 1. The first-order valence-corrected chi connectivity index (χ1v) is 7.64. The van der Waals surface area contributed by atoms with Crippen LogP contribution in [0, 0.1) is 0 Å². The molecule has 108 valence electrons. The Bertz CT molecular complexity index is 469. The van der Waals surface area contributed by atoms with Crippen LogP contribution in [0.15, 0.2) is 30.3 Å². The monoisotopic (exact) mass is 290 g/mol. The number of thiocarbonyl (C=S) groups is 1. The summed E-state index contributed by atoms with van der Waals surface area (Å²) in [5, 5.41) is 0. The molecule has 0 bridgehead atoms. The standard InChI is InChI=1S/C16H22N2OS/c1-12(13-7-3-2-4-8-13)16(19)18(11-15(17)20)14-9-5-6-10-14/h2-4,7-8,12,14H,5-6,9-11H2,1H3,(H2,17,20). The average Bonchev–Trinajstić information content (AvgIpc) is 2.98. The molecule has 0 heterocycles. The molecule has 1 aliphatic carbocycles. The van der Waals surface area contributed by atoms with Crippen LogP contribution in [-0.2, 0) is 4.79 Å². The lowest BCUT2D eigenvalue weighted by molar-refractivity contribution is -0.133. The van der Waals surface area contributed by atoms with Crippen molar-refractivity contribution in [2.45, 2.75) is 44.6 Å². The maximum absolute atomic E-state index is 12.8. The smallest absolute Gasteiger partial charge is 0.230 e. The van der Waals surface area contributed by atoms with Gasteiger partial charge in [0.05, 0.1) is 17.5 Å². The third kappa shape index (κ3) is 3.57. The van der Waals surface area contributed by atoms with Crippen LogP contribution in [0.1, 0.15) is 44.1 Å². The summed E-state index contributed by atoms with van der Waals surface area (Å²) in [6.07, 6.45) is 4.50. The predicted octanol–water partition coefficient (Wildman–Crippen LogP) is 2.85. The van der Waals surface area contributed by atoms with Crippen LogP contribution < -0.4 is 5.73 Å². The topological polar surface area (TPSA) is 46.3 Å². The van der Waals surface area contributed by atoms with Gasteiger partial charge in [-0.1, -0.05) is 55.4 Å². The van der Waals surface area contributed by atoms with Crippen LogP contribution >= 0.6 is 12.2 Å². The summed E-state index contributed by atoms with van der Waals surface area (Å²) < 4.78 is 0. The number of amides is 1. The number of carbonyl (C=O) groups excluding carboxylic acids is 1. The van der Waals surface area contributed by atoms with E-state index in [0.717, 1.165) is 18.4 Å². The van der Waals surface area contributed by atoms with Gasteiger partial charge >= 0.3 is 0 Å².